The molecule has 1 aliphatic rings. The van der Waals surface area contributed by atoms with Crippen molar-refractivity contribution in [3.05, 3.63) is 63.7 Å². The summed E-state index contributed by atoms with van der Waals surface area (Å²) in [4.78, 5) is 24.2. The van der Waals surface area contributed by atoms with E-state index in [0.29, 0.717) is 27.8 Å². The Kier molecular flexibility index (Phi) is 7.54. The predicted molar refractivity (Wildman–Crippen MR) is 129 cm³/mol. The van der Waals surface area contributed by atoms with Gasteiger partial charge in [-0.25, -0.2) is 4.39 Å². The van der Waals surface area contributed by atoms with E-state index in [1.54, 1.807) is 30.3 Å². The van der Waals surface area contributed by atoms with Crippen molar-refractivity contribution in [1.82, 2.24) is 9.69 Å². The van der Waals surface area contributed by atoms with E-state index < -0.39 is 30.3 Å². The van der Waals surface area contributed by atoms with Crippen LogP contribution >= 0.6 is 23.1 Å². The summed E-state index contributed by atoms with van der Waals surface area (Å²) < 4.78 is 30.7. The number of nitrogens with two attached hydrogens (primary N) is 1. The van der Waals surface area contributed by atoms with Crippen LogP contribution in [0.5, 0.6) is 11.5 Å². The highest BCUT2D eigenvalue weighted by atomic mass is 35.5. The molecule has 184 valence electrons. The molecule has 0 bridgehead atoms. The minimum atomic E-state index is -1.30. The fourth-order valence-corrected chi connectivity index (χ4v) is 4.13. The Balaban J connectivity index is 1.43. The fraction of sp³-hybridized carbons (Fsp3) is 0.292. The van der Waals surface area contributed by atoms with Gasteiger partial charge in [-0.3, -0.25) is 9.59 Å². The summed E-state index contributed by atoms with van der Waals surface area (Å²) in [7, 11) is 0. The number of carbonyl (C=O) groups is 2. The summed E-state index contributed by atoms with van der Waals surface area (Å²) in [6.07, 6.45) is 1.98. The van der Waals surface area contributed by atoms with Crippen molar-refractivity contribution in [3.8, 4) is 22.8 Å². The van der Waals surface area contributed by atoms with Gasteiger partial charge in [0.1, 0.15) is 29.5 Å². The second-order valence-electron chi connectivity index (χ2n) is 8.09. The molecule has 1 saturated carbocycles. The maximum atomic E-state index is 14.6. The maximum Gasteiger partial charge on any atom is 0.254 e. The Morgan fingerprint density at radius 1 is 1.29 bits per heavy atom. The van der Waals surface area contributed by atoms with E-state index in [1.807, 2.05) is 6.92 Å². The van der Waals surface area contributed by atoms with Gasteiger partial charge in [0.2, 0.25) is 5.91 Å². The lowest BCUT2D eigenvalue weighted by Gasteiger charge is -2.14. The van der Waals surface area contributed by atoms with Crippen LogP contribution in [0.25, 0.3) is 11.3 Å². The molecule has 1 unspecified atom stereocenters. The third kappa shape index (κ3) is 6.08. The molecule has 4 rings (SSSR count). The average molecular weight is 520 g/mol. The van der Waals surface area contributed by atoms with Crippen LogP contribution in [-0.2, 0) is 4.79 Å². The Labute approximate surface area is 210 Å². The Morgan fingerprint density at radius 2 is 2.06 bits per heavy atom. The number of halogens is 2. The summed E-state index contributed by atoms with van der Waals surface area (Å²) in [5.41, 5.74) is 5.78. The lowest BCUT2D eigenvalue weighted by molar-refractivity contribution is -0.120. The molecule has 35 heavy (non-hydrogen) atoms. The molecule has 0 spiro atoms. The first-order valence-corrected chi connectivity index (χ1v) is 12.0. The number of amides is 2. The molecule has 8 nitrogen and oxygen atoms in total. The van der Waals surface area contributed by atoms with Gasteiger partial charge >= 0.3 is 0 Å². The molecule has 11 heteroatoms. The van der Waals surface area contributed by atoms with Crippen LogP contribution in [0.15, 0.2) is 42.5 Å². The molecule has 1 fully saturated rings. The first-order valence-electron chi connectivity index (χ1n) is 10.9. The Bertz CT molecular complexity index is 1250. The van der Waals surface area contributed by atoms with E-state index in [2.05, 4.69) is 9.69 Å². The van der Waals surface area contributed by atoms with Crippen LogP contribution < -0.4 is 20.5 Å². The van der Waals surface area contributed by atoms with Gasteiger partial charge in [-0.2, -0.15) is 4.37 Å². The Morgan fingerprint density at radius 3 is 2.69 bits per heavy atom. The fourth-order valence-electron chi connectivity index (χ4n) is 3.20. The highest BCUT2D eigenvalue weighted by molar-refractivity contribution is 7.06. The molecule has 0 radical (unpaired) electrons. The summed E-state index contributed by atoms with van der Waals surface area (Å²) in [6, 6.07) is 9.76. The van der Waals surface area contributed by atoms with Crippen molar-refractivity contribution in [3.63, 3.8) is 0 Å². The van der Waals surface area contributed by atoms with E-state index in [4.69, 9.17) is 31.9 Å². The second-order valence-corrected chi connectivity index (χ2v) is 9.33. The van der Waals surface area contributed by atoms with Gasteiger partial charge in [0, 0.05) is 11.6 Å². The van der Waals surface area contributed by atoms with Crippen LogP contribution in [0.1, 0.15) is 41.1 Å². The maximum absolute atomic E-state index is 14.6. The zero-order chi connectivity index (χ0) is 25.1. The van der Waals surface area contributed by atoms with Gasteiger partial charge in [0.25, 0.3) is 5.91 Å². The number of aromatic nitrogens is 1. The molecule has 0 aliphatic heterocycles. The molecule has 3 aromatic rings. The monoisotopic (exact) mass is 519 g/mol. The average Bonchev–Trinajstić information content (AvgIpc) is 3.50. The van der Waals surface area contributed by atoms with E-state index in [9.17, 15) is 14.0 Å². The van der Waals surface area contributed by atoms with E-state index in [1.165, 1.54) is 23.7 Å². The zero-order valence-electron chi connectivity index (χ0n) is 18.7. The molecular weight excluding hydrogens is 497 g/mol. The molecule has 2 atom stereocenters. The van der Waals surface area contributed by atoms with Gasteiger partial charge in [-0.05, 0) is 61.6 Å². The van der Waals surface area contributed by atoms with Crippen molar-refractivity contribution in [2.24, 2.45) is 5.73 Å². The largest absolute Gasteiger partial charge is 0.489 e. The number of hydrogen-bond acceptors (Lipinski definition) is 7. The number of nitrogens with one attached hydrogen (secondary N) is 1. The minimum Gasteiger partial charge on any atom is -0.489 e. The van der Waals surface area contributed by atoms with Crippen LogP contribution in [-0.4, -0.2) is 40.0 Å². The standard InChI is InChI=1S/C24H23ClFN3O5S/c1-12(33-15-5-7-21(17(25)9-15)34-14-3-4-14)22-10-19(29-35-22)13-2-6-16(18(26)8-13)24(32)28-20(11-30)23(27)31/h2,5-10,12,14,20,30H,3-4,11H2,1H3,(H2,27,31)(H,28,32)/t12?,20-/m0/s1. The van der Waals surface area contributed by atoms with E-state index >= 15 is 0 Å². The van der Waals surface area contributed by atoms with Gasteiger partial charge in [0.15, 0.2) is 0 Å². The highest BCUT2D eigenvalue weighted by Gasteiger charge is 2.25. The molecule has 2 amide bonds. The molecule has 1 heterocycles. The molecule has 1 aliphatic carbocycles. The van der Waals surface area contributed by atoms with Crippen LogP contribution in [0.2, 0.25) is 5.02 Å². The second kappa shape index (κ2) is 10.6. The van der Waals surface area contributed by atoms with Crippen molar-refractivity contribution in [1.29, 1.82) is 0 Å². The smallest absolute Gasteiger partial charge is 0.254 e. The topological polar surface area (TPSA) is 124 Å². The summed E-state index contributed by atoms with van der Waals surface area (Å²) in [5, 5.41) is 11.8. The van der Waals surface area contributed by atoms with Gasteiger partial charge in [-0.15, -0.1) is 0 Å². The number of aliphatic hydroxyl groups is 1. The SMILES string of the molecule is CC(Oc1ccc(OC2CC2)c(Cl)c1)c1cc(-c2ccc(C(=O)N[C@@H](CO)C(N)=O)c(F)c2)ns1. The van der Waals surface area contributed by atoms with Crippen molar-refractivity contribution in [2.75, 3.05) is 6.61 Å². The third-order valence-electron chi connectivity index (χ3n) is 5.30. The third-order valence-corrected chi connectivity index (χ3v) is 6.55. The molecule has 0 saturated heterocycles. The van der Waals surface area contributed by atoms with Crippen LogP contribution in [0.4, 0.5) is 4.39 Å². The summed E-state index contributed by atoms with van der Waals surface area (Å²) in [5.74, 6) is -1.37. The van der Waals surface area contributed by atoms with E-state index in [0.717, 1.165) is 17.7 Å². The number of primary amides is 1. The number of carbonyl (C=O) groups excluding carboxylic acids is 2. The molecule has 2 aromatic carbocycles. The lowest BCUT2D eigenvalue weighted by Crippen LogP contribution is -2.47. The quantitative estimate of drug-likeness (QED) is 0.373. The van der Waals surface area contributed by atoms with Crippen LogP contribution in [0, 0.1) is 5.82 Å². The minimum absolute atomic E-state index is 0.245. The number of nitrogens with zero attached hydrogens (tertiary/aromatic N) is 1. The van der Waals surface area contributed by atoms with Crippen molar-refractivity contribution < 1.29 is 28.6 Å². The Hall–Kier alpha value is -3.21. The molecule has 4 N–H and O–H groups in total. The first kappa shape index (κ1) is 24.9. The zero-order valence-corrected chi connectivity index (χ0v) is 20.2. The predicted octanol–water partition coefficient (Wildman–Crippen LogP) is 3.86. The number of benzene rings is 2. The number of aliphatic hydroxyl groups excluding tert-OH is 1. The van der Waals surface area contributed by atoms with Gasteiger partial charge in [-0.1, -0.05) is 17.7 Å². The van der Waals surface area contributed by atoms with Crippen LogP contribution in [0.3, 0.4) is 0 Å². The normalized spacial score (nSPS) is 14.7. The number of ether oxygens (including phenoxy) is 2. The van der Waals surface area contributed by atoms with Crippen molar-refractivity contribution in [2.45, 2.75) is 38.0 Å². The summed E-state index contributed by atoms with van der Waals surface area (Å²) in [6.45, 7) is 1.18. The molecule has 1 aromatic heterocycles. The number of rotatable bonds is 10. The highest BCUT2D eigenvalue weighted by Crippen LogP contribution is 2.36. The van der Waals surface area contributed by atoms with Gasteiger partial charge in [0.05, 0.1) is 33.9 Å². The first-order chi connectivity index (χ1) is 16.7. The van der Waals surface area contributed by atoms with E-state index in [-0.39, 0.29) is 17.8 Å². The lowest BCUT2D eigenvalue weighted by atomic mass is 10.1. The van der Waals surface area contributed by atoms with Crippen molar-refractivity contribution >= 4 is 34.9 Å². The summed E-state index contributed by atoms with van der Waals surface area (Å²) >= 11 is 7.52. The molecular formula is C24H23ClFN3O5S. The number of hydrogen-bond donors (Lipinski definition) is 3. The van der Waals surface area contributed by atoms with Gasteiger partial charge < -0.3 is 25.6 Å².